The Kier molecular flexibility index (Phi) is 6.14. The highest BCUT2D eigenvalue weighted by molar-refractivity contribution is 6.05. The van der Waals surface area contributed by atoms with E-state index >= 15 is 0 Å². The predicted octanol–water partition coefficient (Wildman–Crippen LogP) is 4.00. The van der Waals surface area contributed by atoms with Crippen LogP contribution in [0.5, 0.6) is 5.75 Å². The molecule has 0 radical (unpaired) electrons. The van der Waals surface area contributed by atoms with Crippen LogP contribution in [0.15, 0.2) is 55.0 Å². The van der Waals surface area contributed by atoms with Gasteiger partial charge in [-0.15, -0.1) is 13.2 Å². The van der Waals surface area contributed by atoms with Gasteiger partial charge in [-0.3, -0.25) is 9.78 Å². The smallest absolute Gasteiger partial charge is 0.406 e. The number of amides is 1. The number of ether oxygens (including phenoxy) is 1. The van der Waals surface area contributed by atoms with Crippen LogP contribution >= 0.6 is 0 Å². The molecule has 0 bridgehead atoms. The summed E-state index contributed by atoms with van der Waals surface area (Å²) >= 11 is 0. The van der Waals surface area contributed by atoms with E-state index in [2.05, 4.69) is 20.0 Å². The van der Waals surface area contributed by atoms with Gasteiger partial charge in [0.2, 0.25) is 0 Å². The molecule has 1 atom stereocenters. The molecule has 3 heterocycles. The van der Waals surface area contributed by atoms with Crippen molar-refractivity contribution in [2.75, 3.05) is 23.3 Å². The summed E-state index contributed by atoms with van der Waals surface area (Å²) in [5.41, 5.74) is 1.25. The number of carbonyl (C=O) groups excluding carboxylic acids is 1. The molecule has 1 aliphatic heterocycles. The van der Waals surface area contributed by atoms with E-state index in [4.69, 9.17) is 0 Å². The number of alkyl halides is 3. The minimum Gasteiger partial charge on any atom is -0.406 e. The van der Waals surface area contributed by atoms with Crippen molar-refractivity contribution in [3.63, 3.8) is 0 Å². The molecule has 172 valence electrons. The third kappa shape index (κ3) is 5.55. The van der Waals surface area contributed by atoms with Gasteiger partial charge in [0.05, 0.1) is 17.9 Å². The maximum Gasteiger partial charge on any atom is 0.573 e. The van der Waals surface area contributed by atoms with Crippen LogP contribution in [0.25, 0.3) is 11.1 Å². The number of nitrogens with one attached hydrogen (secondary N) is 1. The van der Waals surface area contributed by atoms with Gasteiger partial charge in [-0.1, -0.05) is 0 Å². The molecule has 2 aromatic heterocycles. The fourth-order valence-electron chi connectivity index (χ4n) is 3.48. The highest BCUT2D eigenvalue weighted by Gasteiger charge is 2.31. The second-order valence-electron chi connectivity index (χ2n) is 7.40. The van der Waals surface area contributed by atoms with E-state index in [1.165, 1.54) is 36.7 Å². The molecule has 1 aliphatic rings. The van der Waals surface area contributed by atoms with Crippen molar-refractivity contribution in [1.29, 1.82) is 0 Å². The second kappa shape index (κ2) is 9.02. The van der Waals surface area contributed by atoms with E-state index in [0.717, 1.165) is 18.3 Å². The molecule has 0 saturated carbocycles. The van der Waals surface area contributed by atoms with E-state index in [1.807, 2.05) is 4.90 Å². The Labute approximate surface area is 185 Å². The van der Waals surface area contributed by atoms with Crippen LogP contribution in [-0.4, -0.2) is 46.5 Å². The average molecular weight is 462 g/mol. The number of carbonyl (C=O) groups is 1. The molecule has 0 aliphatic carbocycles. The molecule has 3 aromatic rings. The maximum absolute atomic E-state index is 13.8. The molecule has 1 saturated heterocycles. The molecular formula is C22H18F4N4O3. The summed E-state index contributed by atoms with van der Waals surface area (Å²) < 4.78 is 54.5. The zero-order chi connectivity index (χ0) is 23.6. The number of halogens is 4. The Morgan fingerprint density at radius 2 is 1.91 bits per heavy atom. The van der Waals surface area contributed by atoms with Crippen molar-refractivity contribution < 1.29 is 32.2 Å². The SMILES string of the molecule is O=C(Nc1ccc(OC(F)(F)F)cc1)c1cnc(N2CCC(O)C2)c(-c2cncc(F)c2)c1. The summed E-state index contributed by atoms with van der Waals surface area (Å²) in [7, 11) is 0. The zero-order valence-electron chi connectivity index (χ0n) is 17.0. The molecule has 7 nitrogen and oxygen atoms in total. The van der Waals surface area contributed by atoms with Crippen LogP contribution < -0.4 is 15.0 Å². The lowest BCUT2D eigenvalue weighted by Crippen LogP contribution is -2.23. The monoisotopic (exact) mass is 462 g/mol. The Morgan fingerprint density at radius 3 is 2.55 bits per heavy atom. The zero-order valence-corrected chi connectivity index (χ0v) is 17.0. The van der Waals surface area contributed by atoms with Crippen molar-refractivity contribution in [3.8, 4) is 16.9 Å². The first-order valence-corrected chi connectivity index (χ1v) is 9.89. The van der Waals surface area contributed by atoms with Gasteiger partial charge < -0.3 is 20.1 Å². The first-order valence-electron chi connectivity index (χ1n) is 9.89. The van der Waals surface area contributed by atoms with Crippen molar-refractivity contribution in [1.82, 2.24) is 9.97 Å². The third-order valence-electron chi connectivity index (χ3n) is 4.95. The number of aliphatic hydroxyl groups excluding tert-OH is 1. The van der Waals surface area contributed by atoms with Crippen molar-refractivity contribution in [3.05, 3.63) is 66.4 Å². The van der Waals surface area contributed by atoms with Gasteiger partial charge in [-0.25, -0.2) is 9.37 Å². The van der Waals surface area contributed by atoms with E-state index in [0.29, 0.717) is 36.5 Å². The summed E-state index contributed by atoms with van der Waals surface area (Å²) in [6.45, 7) is 0.891. The van der Waals surface area contributed by atoms with Crippen molar-refractivity contribution in [2.24, 2.45) is 0 Å². The van der Waals surface area contributed by atoms with Crippen LogP contribution in [0.1, 0.15) is 16.8 Å². The summed E-state index contributed by atoms with van der Waals surface area (Å²) in [4.78, 5) is 22.8. The van der Waals surface area contributed by atoms with Gasteiger partial charge in [-0.05, 0) is 42.8 Å². The van der Waals surface area contributed by atoms with Crippen LogP contribution in [-0.2, 0) is 0 Å². The number of benzene rings is 1. The van der Waals surface area contributed by atoms with E-state index in [-0.39, 0.29) is 11.3 Å². The largest absolute Gasteiger partial charge is 0.573 e. The van der Waals surface area contributed by atoms with Gasteiger partial charge in [-0.2, -0.15) is 0 Å². The molecule has 0 spiro atoms. The van der Waals surface area contributed by atoms with Gasteiger partial charge in [0.25, 0.3) is 5.91 Å². The Morgan fingerprint density at radius 1 is 1.15 bits per heavy atom. The first kappa shape index (κ1) is 22.5. The number of aliphatic hydroxyl groups is 1. The summed E-state index contributed by atoms with van der Waals surface area (Å²) in [6, 6.07) is 7.48. The fraction of sp³-hybridized carbons (Fsp3) is 0.227. The number of nitrogens with zero attached hydrogens (tertiary/aromatic N) is 3. The minimum atomic E-state index is -4.81. The fourth-order valence-corrected chi connectivity index (χ4v) is 3.48. The van der Waals surface area contributed by atoms with Gasteiger partial charge in [0.1, 0.15) is 17.4 Å². The molecule has 1 aromatic carbocycles. The summed E-state index contributed by atoms with van der Waals surface area (Å²) in [5, 5.41) is 12.5. The molecule has 11 heteroatoms. The highest BCUT2D eigenvalue weighted by atomic mass is 19.4. The lowest BCUT2D eigenvalue weighted by atomic mass is 10.1. The Bertz CT molecular complexity index is 1160. The van der Waals surface area contributed by atoms with Crippen molar-refractivity contribution >= 4 is 17.4 Å². The Hall–Kier alpha value is -3.73. The van der Waals surface area contributed by atoms with Crippen LogP contribution in [0.2, 0.25) is 0 Å². The normalized spacial score (nSPS) is 16.0. The van der Waals surface area contributed by atoms with Crippen molar-refractivity contribution in [2.45, 2.75) is 18.9 Å². The molecular weight excluding hydrogens is 444 g/mol. The third-order valence-corrected chi connectivity index (χ3v) is 4.95. The van der Waals surface area contributed by atoms with Gasteiger partial charge >= 0.3 is 6.36 Å². The number of aromatic nitrogens is 2. The number of rotatable bonds is 5. The van der Waals surface area contributed by atoms with E-state index in [9.17, 15) is 27.5 Å². The molecule has 1 unspecified atom stereocenters. The quantitative estimate of drug-likeness (QED) is 0.558. The summed E-state index contributed by atoms with van der Waals surface area (Å²) in [6.07, 6.45) is -0.939. The van der Waals surface area contributed by atoms with E-state index in [1.54, 1.807) is 0 Å². The van der Waals surface area contributed by atoms with Gasteiger partial charge in [0, 0.05) is 42.3 Å². The standard InChI is InChI=1S/C22H18F4N4O3/c23-15-7-13(9-27-11-15)19-8-14(10-28-20(19)30-6-5-17(31)12-30)21(32)29-16-1-3-18(4-2-16)33-22(24,25)26/h1-4,7-11,17,31H,5-6,12H2,(H,29,32). The number of hydrogen-bond acceptors (Lipinski definition) is 6. The highest BCUT2D eigenvalue weighted by Crippen LogP contribution is 2.32. The van der Waals surface area contributed by atoms with Gasteiger partial charge in [0.15, 0.2) is 0 Å². The number of hydrogen-bond donors (Lipinski definition) is 2. The second-order valence-corrected chi connectivity index (χ2v) is 7.40. The molecule has 33 heavy (non-hydrogen) atoms. The molecule has 1 fully saturated rings. The topological polar surface area (TPSA) is 87.6 Å². The van der Waals surface area contributed by atoms with Crippen LogP contribution in [0.3, 0.4) is 0 Å². The minimum absolute atomic E-state index is 0.147. The lowest BCUT2D eigenvalue weighted by Gasteiger charge is -2.21. The van der Waals surface area contributed by atoms with E-state index < -0.39 is 29.9 Å². The number of pyridine rings is 2. The molecule has 4 rings (SSSR count). The molecule has 1 amide bonds. The van der Waals surface area contributed by atoms with Crippen LogP contribution in [0.4, 0.5) is 29.1 Å². The number of β-amino-alcohol motifs (C(OH)–C–C–N with tert-alkyl or cyclic N) is 1. The summed E-state index contributed by atoms with van der Waals surface area (Å²) in [5.74, 6) is -1.06. The Balaban J connectivity index is 1.60. The molecule has 2 N–H and O–H groups in total. The maximum atomic E-state index is 13.8. The predicted molar refractivity (Wildman–Crippen MR) is 111 cm³/mol. The lowest BCUT2D eigenvalue weighted by molar-refractivity contribution is -0.274. The first-order chi connectivity index (χ1) is 15.7. The van der Waals surface area contributed by atoms with Crippen LogP contribution in [0, 0.1) is 5.82 Å². The average Bonchev–Trinajstić information content (AvgIpc) is 3.20. The number of anilines is 2.